The molecule has 4 fully saturated rings. The molecule has 0 unspecified atom stereocenters. The highest BCUT2D eigenvalue weighted by Gasteiger charge is 2.50. The molecule has 0 saturated heterocycles. The summed E-state index contributed by atoms with van der Waals surface area (Å²) >= 11 is 0. The van der Waals surface area contributed by atoms with Gasteiger partial charge in [-0.1, -0.05) is 91.8 Å². The summed E-state index contributed by atoms with van der Waals surface area (Å²) in [6, 6.07) is 0. The Morgan fingerprint density at radius 3 is 2.11 bits per heavy atom. The number of aliphatic hydroxyl groups excluding tert-OH is 1. The second kappa shape index (κ2) is 13.1. The third-order valence-electron chi connectivity index (χ3n) is 13.1. The third kappa shape index (κ3) is 7.86. The van der Waals surface area contributed by atoms with Gasteiger partial charge >= 0.3 is 0 Å². The van der Waals surface area contributed by atoms with Crippen LogP contribution in [0.2, 0.25) is 36.3 Å². The molecule has 5 heteroatoms. The molecule has 0 aromatic heterocycles. The van der Waals surface area contributed by atoms with Gasteiger partial charge in [0.05, 0.1) is 18.3 Å². The Bertz CT molecular complexity index is 1130. The summed E-state index contributed by atoms with van der Waals surface area (Å²) in [7, 11) is -3.90. The lowest BCUT2D eigenvalue weighted by Gasteiger charge is -2.45. The number of rotatable bonds is 9. The van der Waals surface area contributed by atoms with E-state index >= 15 is 0 Å². The van der Waals surface area contributed by atoms with Gasteiger partial charge in [0.15, 0.2) is 16.6 Å². The molecule has 4 aliphatic carbocycles. The molecule has 0 aromatic carbocycles. The Balaban J connectivity index is 1.57. The largest absolute Gasteiger partial charge is 0.413 e. The Morgan fingerprint density at radius 1 is 0.909 bits per heavy atom. The van der Waals surface area contributed by atoms with Crippen LogP contribution in [0.1, 0.15) is 113 Å². The Hall–Kier alpha value is -0.726. The van der Waals surface area contributed by atoms with Crippen molar-refractivity contribution in [2.45, 2.75) is 168 Å². The van der Waals surface area contributed by atoms with Gasteiger partial charge in [-0.25, -0.2) is 0 Å². The van der Waals surface area contributed by atoms with Gasteiger partial charge in [0.2, 0.25) is 0 Å². The lowest BCUT2D eigenvalue weighted by Crippen LogP contribution is -2.49. The highest BCUT2D eigenvalue weighted by Crippen LogP contribution is 2.59. The summed E-state index contributed by atoms with van der Waals surface area (Å²) in [5, 5.41) is 10.8. The Labute approximate surface area is 274 Å². The summed E-state index contributed by atoms with van der Waals surface area (Å²) in [6.07, 6.45) is 19.9. The molecule has 0 amide bonds. The second-order valence-corrected chi connectivity index (χ2v) is 27.9. The quantitative estimate of drug-likeness (QED) is 0.201. The third-order valence-corrected chi connectivity index (χ3v) is 22.1. The monoisotopic (exact) mass is 640 g/mol. The van der Waals surface area contributed by atoms with Gasteiger partial charge in [-0.05, 0) is 128 Å². The topological polar surface area (TPSA) is 38.7 Å². The van der Waals surface area contributed by atoms with Crippen LogP contribution in [-0.4, -0.2) is 40.1 Å². The van der Waals surface area contributed by atoms with Gasteiger partial charge in [-0.3, -0.25) is 0 Å². The summed E-state index contributed by atoms with van der Waals surface area (Å²) in [4.78, 5) is 0. The molecule has 0 bridgehead atoms. The zero-order valence-corrected chi connectivity index (χ0v) is 32.7. The van der Waals surface area contributed by atoms with Crippen molar-refractivity contribution in [2.75, 3.05) is 0 Å². The van der Waals surface area contributed by atoms with E-state index in [0.717, 1.165) is 12.8 Å². The Morgan fingerprint density at radius 2 is 1.52 bits per heavy atom. The van der Waals surface area contributed by atoms with Gasteiger partial charge < -0.3 is 14.0 Å². The molecule has 4 rings (SSSR count). The van der Waals surface area contributed by atoms with Crippen LogP contribution >= 0.6 is 0 Å². The maximum atomic E-state index is 10.5. The van der Waals surface area contributed by atoms with Crippen LogP contribution in [0, 0.1) is 29.1 Å². The molecule has 0 aromatic rings. The molecule has 0 aliphatic heterocycles. The minimum absolute atomic E-state index is 0.0233. The molecule has 250 valence electrons. The highest BCUT2D eigenvalue weighted by atomic mass is 28.4. The van der Waals surface area contributed by atoms with Gasteiger partial charge in [0, 0.05) is 6.42 Å². The number of allylic oxidation sites excluding steroid dienone is 4. The van der Waals surface area contributed by atoms with Crippen LogP contribution in [-0.2, 0) is 8.85 Å². The fraction of sp³-hybridized carbons (Fsp3) is 0.795. The van der Waals surface area contributed by atoms with Crippen LogP contribution in [0.5, 0.6) is 0 Å². The van der Waals surface area contributed by atoms with E-state index in [4.69, 9.17) is 8.85 Å². The second-order valence-electron chi connectivity index (χ2n) is 18.4. The van der Waals surface area contributed by atoms with Crippen molar-refractivity contribution in [3.8, 4) is 0 Å². The molecule has 0 radical (unpaired) electrons. The number of fused-ring (bicyclic) bond motifs is 1. The van der Waals surface area contributed by atoms with Crippen LogP contribution in [0.15, 0.2) is 47.6 Å². The average Bonchev–Trinajstić information content (AvgIpc) is 3.68. The highest BCUT2D eigenvalue weighted by molar-refractivity contribution is 6.74. The first-order valence-electron chi connectivity index (χ1n) is 18.0. The van der Waals surface area contributed by atoms with Crippen LogP contribution in [0.25, 0.3) is 0 Å². The minimum atomic E-state index is -1.98. The van der Waals surface area contributed by atoms with E-state index in [2.05, 4.69) is 112 Å². The number of hydrogen-bond acceptors (Lipinski definition) is 3. The summed E-state index contributed by atoms with van der Waals surface area (Å²) in [5.74, 6) is 2.35. The Kier molecular flexibility index (Phi) is 10.7. The van der Waals surface area contributed by atoms with E-state index in [0.29, 0.717) is 29.1 Å². The fourth-order valence-corrected chi connectivity index (χ4v) is 10.6. The van der Waals surface area contributed by atoms with Crippen LogP contribution < -0.4 is 0 Å². The molecule has 4 saturated carbocycles. The van der Waals surface area contributed by atoms with Crippen LogP contribution in [0.3, 0.4) is 0 Å². The molecule has 3 nitrogen and oxygen atoms in total. The summed E-state index contributed by atoms with van der Waals surface area (Å²) in [6.45, 7) is 33.2. The van der Waals surface area contributed by atoms with Crippen molar-refractivity contribution in [3.05, 3.63) is 47.6 Å². The first-order chi connectivity index (χ1) is 20.2. The molecule has 7 atom stereocenters. The van der Waals surface area contributed by atoms with E-state index in [1.54, 1.807) is 5.57 Å². The zero-order valence-electron chi connectivity index (χ0n) is 30.7. The molecular weight excluding hydrogens is 573 g/mol. The maximum Gasteiger partial charge on any atom is 0.192 e. The van der Waals surface area contributed by atoms with Crippen molar-refractivity contribution in [1.29, 1.82) is 0 Å². The number of aliphatic hydroxyl groups is 1. The van der Waals surface area contributed by atoms with Crippen molar-refractivity contribution < 1.29 is 14.0 Å². The minimum Gasteiger partial charge on any atom is -0.413 e. The van der Waals surface area contributed by atoms with Crippen molar-refractivity contribution in [3.63, 3.8) is 0 Å². The van der Waals surface area contributed by atoms with E-state index in [1.807, 2.05) is 0 Å². The lowest BCUT2D eigenvalue weighted by molar-refractivity contribution is 0.0969. The van der Waals surface area contributed by atoms with Crippen molar-refractivity contribution in [2.24, 2.45) is 29.1 Å². The van der Waals surface area contributed by atoms with Gasteiger partial charge in [0.25, 0.3) is 0 Å². The van der Waals surface area contributed by atoms with Gasteiger partial charge in [0.1, 0.15) is 0 Å². The van der Waals surface area contributed by atoms with Gasteiger partial charge in [-0.2, -0.15) is 0 Å². The molecule has 1 N–H and O–H groups in total. The van der Waals surface area contributed by atoms with E-state index in [-0.39, 0.29) is 28.4 Å². The SMILES string of the molecule is C=C1/C(=C/C=C2\CCC[C@]3(C)[C@@H]([C@@H](C)/C=C/[C@@H](O)C4CC4)CC[C@@H]23)C[C@@H](O[Si](C)(C)C(C)(C)C)C[C@@H]1O[Si](C)(C)C(C)(C)C. The zero-order chi connectivity index (χ0) is 32.9. The molecular formula is C39H68O3Si2. The van der Waals surface area contributed by atoms with E-state index in [9.17, 15) is 5.11 Å². The first kappa shape index (κ1) is 36.1. The molecule has 4 aliphatic rings. The first-order valence-corrected chi connectivity index (χ1v) is 23.8. The molecule has 0 spiro atoms. The standard InChI is InChI=1S/C39H68O3Si2/c1-27(16-23-35(40)30-18-19-30)33-21-22-34-29(15-14-24-39(33,34)9)17-20-31-25-32(41-43(10,11)37(3,4)5)26-36(28(31)2)42-44(12,13)38(6,7)8/h16-17,20,23,27,30,32-36,40H,2,14-15,18-19,21-22,24-26H2,1,3-13H3/b23-16+,29-17+,31-20+/t27-,32+,33+,34-,35+,36-,39+/m0/s1. The van der Waals surface area contributed by atoms with E-state index in [1.165, 1.54) is 56.1 Å². The smallest absolute Gasteiger partial charge is 0.192 e. The molecule has 44 heavy (non-hydrogen) atoms. The van der Waals surface area contributed by atoms with Crippen molar-refractivity contribution in [1.82, 2.24) is 0 Å². The maximum absolute atomic E-state index is 10.5. The summed E-state index contributed by atoms with van der Waals surface area (Å²) in [5.41, 5.74) is 4.49. The average molecular weight is 641 g/mol. The normalized spacial score (nSPS) is 34.2. The predicted octanol–water partition coefficient (Wildman–Crippen LogP) is 11.1. The van der Waals surface area contributed by atoms with Gasteiger partial charge in [-0.15, -0.1) is 0 Å². The van der Waals surface area contributed by atoms with Crippen molar-refractivity contribution >= 4 is 16.6 Å². The van der Waals surface area contributed by atoms with E-state index < -0.39 is 16.6 Å². The summed E-state index contributed by atoms with van der Waals surface area (Å²) < 4.78 is 14.2. The fourth-order valence-electron chi connectivity index (χ4n) is 7.93. The molecule has 0 heterocycles. The lowest BCUT2D eigenvalue weighted by atomic mass is 9.61. The number of hydrogen-bond donors (Lipinski definition) is 1. The van der Waals surface area contributed by atoms with Crippen LogP contribution in [0.4, 0.5) is 0 Å². The predicted molar refractivity (Wildman–Crippen MR) is 194 cm³/mol.